The van der Waals surface area contributed by atoms with Gasteiger partial charge in [0.05, 0.1) is 5.56 Å². The summed E-state index contributed by atoms with van der Waals surface area (Å²) in [6, 6.07) is 5.03. The van der Waals surface area contributed by atoms with Gasteiger partial charge in [0.15, 0.2) is 0 Å². The van der Waals surface area contributed by atoms with E-state index in [0.717, 1.165) is 16.4 Å². The SMILES string of the molecule is O=C(NCCC1=CCCCC1)c1cc(I)ccc1O. The van der Waals surface area contributed by atoms with Gasteiger partial charge in [-0.15, -0.1) is 0 Å². The van der Waals surface area contributed by atoms with Crippen molar-refractivity contribution in [2.24, 2.45) is 0 Å². The molecule has 0 saturated carbocycles. The fraction of sp³-hybridized carbons (Fsp3) is 0.400. The molecule has 0 aromatic heterocycles. The van der Waals surface area contributed by atoms with Crippen molar-refractivity contribution in [3.63, 3.8) is 0 Å². The molecule has 0 bridgehead atoms. The van der Waals surface area contributed by atoms with Crippen LogP contribution in [-0.4, -0.2) is 17.6 Å². The van der Waals surface area contributed by atoms with Gasteiger partial charge in [-0.1, -0.05) is 11.6 Å². The summed E-state index contributed by atoms with van der Waals surface area (Å²) in [6.07, 6.45) is 8.07. The zero-order valence-electron chi connectivity index (χ0n) is 10.8. The van der Waals surface area contributed by atoms with E-state index >= 15 is 0 Å². The second kappa shape index (κ2) is 6.93. The molecule has 0 fully saturated rings. The average molecular weight is 371 g/mol. The second-order valence-corrected chi connectivity index (χ2v) is 6.02. The Morgan fingerprint density at radius 1 is 1.37 bits per heavy atom. The lowest BCUT2D eigenvalue weighted by Gasteiger charge is -2.13. The van der Waals surface area contributed by atoms with Gasteiger partial charge in [0.2, 0.25) is 0 Å². The van der Waals surface area contributed by atoms with Gasteiger partial charge in [-0.25, -0.2) is 0 Å². The lowest BCUT2D eigenvalue weighted by molar-refractivity contribution is 0.0951. The van der Waals surface area contributed by atoms with E-state index in [1.807, 2.05) is 0 Å². The van der Waals surface area contributed by atoms with Crippen molar-refractivity contribution in [1.82, 2.24) is 5.32 Å². The van der Waals surface area contributed by atoms with Gasteiger partial charge < -0.3 is 10.4 Å². The number of aromatic hydroxyl groups is 1. The third-order valence-corrected chi connectivity index (χ3v) is 3.99. The molecule has 102 valence electrons. The Kier molecular flexibility index (Phi) is 5.24. The number of amides is 1. The van der Waals surface area contributed by atoms with Gasteiger partial charge >= 0.3 is 0 Å². The summed E-state index contributed by atoms with van der Waals surface area (Å²) >= 11 is 2.13. The van der Waals surface area contributed by atoms with Crippen LogP contribution in [0.2, 0.25) is 0 Å². The molecule has 0 spiro atoms. The van der Waals surface area contributed by atoms with E-state index in [1.165, 1.54) is 24.8 Å². The zero-order chi connectivity index (χ0) is 13.7. The number of phenols is 1. The smallest absolute Gasteiger partial charge is 0.255 e. The largest absolute Gasteiger partial charge is 0.507 e. The van der Waals surface area contributed by atoms with Crippen LogP contribution < -0.4 is 5.32 Å². The Hall–Kier alpha value is -1.04. The third-order valence-electron chi connectivity index (χ3n) is 3.32. The highest BCUT2D eigenvalue weighted by atomic mass is 127. The van der Waals surface area contributed by atoms with Gasteiger partial charge in [0.1, 0.15) is 5.75 Å². The molecule has 0 aliphatic heterocycles. The zero-order valence-corrected chi connectivity index (χ0v) is 12.9. The van der Waals surface area contributed by atoms with Crippen LogP contribution >= 0.6 is 22.6 Å². The monoisotopic (exact) mass is 371 g/mol. The van der Waals surface area contributed by atoms with Crippen LogP contribution in [0, 0.1) is 3.57 Å². The number of phenolic OH excluding ortho intramolecular Hbond substituents is 1. The number of carbonyl (C=O) groups is 1. The first-order valence-electron chi connectivity index (χ1n) is 6.61. The van der Waals surface area contributed by atoms with Crippen LogP contribution in [0.5, 0.6) is 5.75 Å². The molecule has 1 aliphatic carbocycles. The van der Waals surface area contributed by atoms with Crippen molar-refractivity contribution in [1.29, 1.82) is 0 Å². The first kappa shape index (κ1) is 14.4. The summed E-state index contributed by atoms with van der Waals surface area (Å²) in [7, 11) is 0. The fourth-order valence-electron chi connectivity index (χ4n) is 2.25. The van der Waals surface area contributed by atoms with E-state index in [0.29, 0.717) is 12.1 Å². The van der Waals surface area contributed by atoms with Gasteiger partial charge in [0.25, 0.3) is 5.91 Å². The molecule has 1 aromatic carbocycles. The van der Waals surface area contributed by atoms with E-state index in [4.69, 9.17) is 0 Å². The minimum atomic E-state index is -0.201. The molecule has 1 aromatic rings. The summed E-state index contributed by atoms with van der Waals surface area (Å²) in [5.74, 6) is -0.165. The van der Waals surface area contributed by atoms with E-state index < -0.39 is 0 Å². The van der Waals surface area contributed by atoms with Crippen LogP contribution in [0.1, 0.15) is 42.5 Å². The summed E-state index contributed by atoms with van der Waals surface area (Å²) in [5, 5.41) is 12.5. The lowest BCUT2D eigenvalue weighted by Crippen LogP contribution is -2.25. The summed E-state index contributed by atoms with van der Waals surface area (Å²) in [5.41, 5.74) is 1.79. The Balaban J connectivity index is 1.87. The maximum absolute atomic E-state index is 12.0. The summed E-state index contributed by atoms with van der Waals surface area (Å²) in [4.78, 5) is 12.0. The van der Waals surface area contributed by atoms with Crippen molar-refractivity contribution in [2.75, 3.05) is 6.54 Å². The lowest BCUT2D eigenvalue weighted by atomic mass is 9.97. The molecule has 19 heavy (non-hydrogen) atoms. The van der Waals surface area contributed by atoms with E-state index in [-0.39, 0.29) is 11.7 Å². The van der Waals surface area contributed by atoms with Crippen molar-refractivity contribution in [3.8, 4) is 5.75 Å². The number of hydrogen-bond acceptors (Lipinski definition) is 2. The van der Waals surface area contributed by atoms with Crippen molar-refractivity contribution in [3.05, 3.63) is 39.0 Å². The number of rotatable bonds is 4. The molecule has 0 unspecified atom stereocenters. The number of carbonyl (C=O) groups excluding carboxylic acids is 1. The number of allylic oxidation sites excluding steroid dienone is 1. The summed E-state index contributed by atoms with van der Waals surface area (Å²) in [6.45, 7) is 0.635. The number of benzene rings is 1. The predicted molar refractivity (Wildman–Crippen MR) is 84.3 cm³/mol. The number of hydrogen-bond donors (Lipinski definition) is 2. The quantitative estimate of drug-likeness (QED) is 0.628. The number of halogens is 1. The van der Waals surface area contributed by atoms with Gasteiger partial charge in [-0.3, -0.25) is 4.79 Å². The highest BCUT2D eigenvalue weighted by Crippen LogP contribution is 2.21. The van der Waals surface area contributed by atoms with Crippen LogP contribution in [-0.2, 0) is 0 Å². The second-order valence-electron chi connectivity index (χ2n) is 4.78. The molecule has 1 aliphatic rings. The first-order chi connectivity index (χ1) is 9.16. The Morgan fingerprint density at radius 3 is 2.95 bits per heavy atom. The van der Waals surface area contributed by atoms with Crippen LogP contribution in [0.15, 0.2) is 29.8 Å². The van der Waals surface area contributed by atoms with E-state index in [1.54, 1.807) is 18.2 Å². The molecule has 2 rings (SSSR count). The molecular formula is C15H18INO2. The van der Waals surface area contributed by atoms with Gasteiger partial charge in [0, 0.05) is 10.1 Å². The van der Waals surface area contributed by atoms with Crippen molar-refractivity contribution in [2.45, 2.75) is 32.1 Å². The molecular weight excluding hydrogens is 353 g/mol. The molecule has 1 amide bonds. The minimum Gasteiger partial charge on any atom is -0.507 e. The standard InChI is InChI=1S/C15H18INO2/c16-12-6-7-14(18)13(10-12)15(19)17-9-8-11-4-2-1-3-5-11/h4,6-7,10,18H,1-3,5,8-9H2,(H,17,19). The normalized spacial score (nSPS) is 14.9. The van der Waals surface area contributed by atoms with Crippen LogP contribution in [0.3, 0.4) is 0 Å². The van der Waals surface area contributed by atoms with Gasteiger partial charge in [-0.05, 0) is 72.9 Å². The highest BCUT2D eigenvalue weighted by molar-refractivity contribution is 14.1. The van der Waals surface area contributed by atoms with Crippen LogP contribution in [0.25, 0.3) is 0 Å². The van der Waals surface area contributed by atoms with Gasteiger partial charge in [-0.2, -0.15) is 0 Å². The van der Waals surface area contributed by atoms with E-state index in [9.17, 15) is 9.90 Å². The average Bonchev–Trinajstić information content (AvgIpc) is 2.42. The third kappa shape index (κ3) is 4.23. The predicted octanol–water partition coefficient (Wildman–Crippen LogP) is 3.62. The van der Waals surface area contributed by atoms with Crippen molar-refractivity contribution < 1.29 is 9.90 Å². The number of nitrogens with one attached hydrogen (secondary N) is 1. The van der Waals surface area contributed by atoms with E-state index in [2.05, 4.69) is 34.0 Å². The topological polar surface area (TPSA) is 49.3 Å². The molecule has 4 heteroatoms. The maximum atomic E-state index is 12.0. The molecule has 0 atom stereocenters. The Labute approximate surface area is 127 Å². The Morgan fingerprint density at radius 2 is 2.21 bits per heavy atom. The Bertz CT molecular complexity index is 497. The summed E-state index contributed by atoms with van der Waals surface area (Å²) < 4.78 is 0.940. The maximum Gasteiger partial charge on any atom is 0.255 e. The highest BCUT2D eigenvalue weighted by Gasteiger charge is 2.11. The fourth-order valence-corrected chi connectivity index (χ4v) is 2.74. The molecule has 3 nitrogen and oxygen atoms in total. The molecule has 0 radical (unpaired) electrons. The molecule has 0 heterocycles. The van der Waals surface area contributed by atoms with Crippen molar-refractivity contribution >= 4 is 28.5 Å². The minimum absolute atomic E-state index is 0.0368. The van der Waals surface area contributed by atoms with Crippen LogP contribution in [0.4, 0.5) is 0 Å². The molecule has 2 N–H and O–H groups in total. The first-order valence-corrected chi connectivity index (χ1v) is 7.69. The molecule has 0 saturated heterocycles.